The van der Waals surface area contributed by atoms with Crippen molar-refractivity contribution in [3.05, 3.63) is 24.5 Å². The van der Waals surface area contributed by atoms with Gasteiger partial charge in [-0.2, -0.15) is 0 Å². The fourth-order valence-electron chi connectivity index (χ4n) is 0.847. The van der Waals surface area contributed by atoms with E-state index >= 15 is 0 Å². The van der Waals surface area contributed by atoms with E-state index in [1.807, 2.05) is 0 Å². The first-order valence-electron chi connectivity index (χ1n) is 4.00. The second-order valence-corrected chi connectivity index (χ2v) is 2.70. The molecule has 1 atom stereocenters. The van der Waals surface area contributed by atoms with Crippen LogP contribution in [0.2, 0.25) is 0 Å². The molecule has 1 fully saturated rings. The molecule has 0 spiro atoms. The predicted octanol–water partition coefficient (Wildman–Crippen LogP) is 0.946. The second kappa shape index (κ2) is 4.67. The summed E-state index contributed by atoms with van der Waals surface area (Å²) in [5, 5.41) is 8.73. The van der Waals surface area contributed by atoms with Crippen molar-refractivity contribution in [2.75, 3.05) is 13.2 Å². The highest BCUT2D eigenvalue weighted by Crippen LogP contribution is 2.19. The summed E-state index contributed by atoms with van der Waals surface area (Å²) in [6.07, 6.45) is 2.72. The molecule has 0 amide bonds. The molecular formula is C9H12O4. The van der Waals surface area contributed by atoms with Crippen molar-refractivity contribution in [1.82, 2.24) is 0 Å². The van der Waals surface area contributed by atoms with Gasteiger partial charge >= 0.3 is 5.97 Å². The summed E-state index contributed by atoms with van der Waals surface area (Å²) < 4.78 is 9.65. The Labute approximate surface area is 76.5 Å². The van der Waals surface area contributed by atoms with Gasteiger partial charge in [0.1, 0.15) is 6.61 Å². The van der Waals surface area contributed by atoms with Crippen LogP contribution in [0.25, 0.3) is 0 Å². The molecule has 0 aromatic heterocycles. The smallest absolute Gasteiger partial charge is 0.337 e. The van der Waals surface area contributed by atoms with Gasteiger partial charge in [-0.15, -0.1) is 0 Å². The highest BCUT2D eigenvalue weighted by molar-refractivity contribution is 5.88. The van der Waals surface area contributed by atoms with Crippen molar-refractivity contribution in [3.63, 3.8) is 0 Å². The molecule has 1 aliphatic heterocycles. The highest BCUT2D eigenvalue weighted by atomic mass is 16.6. The molecule has 4 nitrogen and oxygen atoms in total. The Hall–Kier alpha value is -1.29. The van der Waals surface area contributed by atoms with Crippen molar-refractivity contribution in [2.45, 2.75) is 12.5 Å². The number of aliphatic hydroxyl groups excluding tert-OH is 1. The number of carbonyl (C=O) groups is 1. The van der Waals surface area contributed by atoms with E-state index < -0.39 is 5.97 Å². The van der Waals surface area contributed by atoms with E-state index in [0.29, 0.717) is 13.0 Å². The second-order valence-electron chi connectivity index (χ2n) is 2.70. The van der Waals surface area contributed by atoms with Crippen LogP contribution in [-0.4, -0.2) is 30.4 Å². The largest absolute Gasteiger partial charge is 0.515 e. The van der Waals surface area contributed by atoms with E-state index in [1.54, 1.807) is 0 Å². The molecule has 0 aliphatic carbocycles. The van der Waals surface area contributed by atoms with E-state index in [0.717, 1.165) is 6.26 Å². The third-order valence-electron chi connectivity index (χ3n) is 1.60. The molecule has 0 aromatic carbocycles. The first kappa shape index (κ1) is 9.80. The third-order valence-corrected chi connectivity index (χ3v) is 1.60. The van der Waals surface area contributed by atoms with Crippen LogP contribution < -0.4 is 0 Å². The Balaban J connectivity index is 2.35. The number of carbonyl (C=O) groups excluding carboxylic acids is 1. The van der Waals surface area contributed by atoms with Crippen LogP contribution in [0.15, 0.2) is 24.5 Å². The summed E-state index contributed by atoms with van der Waals surface area (Å²) in [5.74, 6) is -0.516. The van der Waals surface area contributed by atoms with Crippen LogP contribution >= 0.6 is 0 Å². The lowest BCUT2D eigenvalue weighted by Crippen LogP contribution is -2.10. The quantitative estimate of drug-likeness (QED) is 0.227. The van der Waals surface area contributed by atoms with Crippen LogP contribution in [0.4, 0.5) is 0 Å². The minimum atomic E-state index is -0.516. The van der Waals surface area contributed by atoms with Gasteiger partial charge < -0.3 is 14.6 Å². The molecule has 13 heavy (non-hydrogen) atoms. The fourth-order valence-corrected chi connectivity index (χ4v) is 0.847. The molecule has 4 heteroatoms. The van der Waals surface area contributed by atoms with Gasteiger partial charge in [0.15, 0.2) is 0 Å². The van der Waals surface area contributed by atoms with E-state index in [2.05, 4.69) is 6.58 Å². The van der Waals surface area contributed by atoms with Crippen molar-refractivity contribution >= 4 is 5.97 Å². The molecule has 0 bridgehead atoms. The minimum absolute atomic E-state index is 0.0645. The zero-order valence-corrected chi connectivity index (χ0v) is 7.23. The maximum absolute atomic E-state index is 11.1. The zero-order chi connectivity index (χ0) is 9.68. The first-order chi connectivity index (χ1) is 6.27. The summed E-state index contributed by atoms with van der Waals surface area (Å²) >= 11 is 0. The zero-order valence-electron chi connectivity index (χ0n) is 7.23. The standard InChI is InChI=1S/C9H12O4/c1-2-3-12-9(11)7(5-10)4-8-6-13-8/h2,5,8,10H,1,3-4,6H2. The summed E-state index contributed by atoms with van der Waals surface area (Å²) in [6.45, 7) is 4.21. The number of hydrogen-bond acceptors (Lipinski definition) is 4. The Morgan fingerprint density at radius 2 is 2.46 bits per heavy atom. The van der Waals surface area contributed by atoms with Crippen molar-refractivity contribution < 1.29 is 19.4 Å². The molecule has 1 aliphatic rings. The molecule has 0 aromatic rings. The normalized spacial score (nSPS) is 20.9. The summed E-state index contributed by atoms with van der Waals surface area (Å²) in [4.78, 5) is 11.1. The maximum Gasteiger partial charge on any atom is 0.337 e. The maximum atomic E-state index is 11.1. The van der Waals surface area contributed by atoms with E-state index in [1.165, 1.54) is 6.08 Å². The minimum Gasteiger partial charge on any atom is -0.515 e. The van der Waals surface area contributed by atoms with Gasteiger partial charge in [-0.25, -0.2) is 4.79 Å². The van der Waals surface area contributed by atoms with E-state index in [9.17, 15) is 4.79 Å². The van der Waals surface area contributed by atoms with Crippen LogP contribution in [-0.2, 0) is 14.3 Å². The van der Waals surface area contributed by atoms with Crippen LogP contribution in [0.5, 0.6) is 0 Å². The molecular weight excluding hydrogens is 172 g/mol. The lowest BCUT2D eigenvalue weighted by atomic mass is 10.2. The molecule has 1 N–H and O–H groups in total. The predicted molar refractivity (Wildman–Crippen MR) is 46.2 cm³/mol. The highest BCUT2D eigenvalue weighted by Gasteiger charge is 2.27. The summed E-state index contributed by atoms with van der Waals surface area (Å²) in [7, 11) is 0. The Morgan fingerprint density at radius 3 is 2.92 bits per heavy atom. The van der Waals surface area contributed by atoms with Crippen molar-refractivity contribution in [1.29, 1.82) is 0 Å². The van der Waals surface area contributed by atoms with Gasteiger partial charge in [0.25, 0.3) is 0 Å². The first-order valence-corrected chi connectivity index (χ1v) is 4.00. The number of rotatable bonds is 5. The topological polar surface area (TPSA) is 59.1 Å². The number of hydrogen-bond donors (Lipinski definition) is 1. The lowest BCUT2D eigenvalue weighted by Gasteiger charge is -2.02. The van der Waals surface area contributed by atoms with Crippen LogP contribution in [0.3, 0.4) is 0 Å². The van der Waals surface area contributed by atoms with Crippen LogP contribution in [0.1, 0.15) is 6.42 Å². The number of esters is 1. The van der Waals surface area contributed by atoms with Gasteiger partial charge in [0, 0.05) is 6.42 Å². The monoisotopic (exact) mass is 184 g/mol. The van der Waals surface area contributed by atoms with Gasteiger partial charge in [0.05, 0.1) is 24.5 Å². The third kappa shape index (κ3) is 3.29. The Bertz CT molecular complexity index is 228. The van der Waals surface area contributed by atoms with E-state index in [-0.39, 0.29) is 18.3 Å². The Kier molecular flexibility index (Phi) is 3.52. The molecule has 0 radical (unpaired) electrons. The van der Waals surface area contributed by atoms with E-state index in [4.69, 9.17) is 14.6 Å². The van der Waals surface area contributed by atoms with Gasteiger partial charge in [-0.1, -0.05) is 12.7 Å². The average Bonchev–Trinajstić information content (AvgIpc) is 2.93. The fraction of sp³-hybridized carbons (Fsp3) is 0.444. The Morgan fingerprint density at radius 1 is 1.77 bits per heavy atom. The molecule has 0 saturated carbocycles. The molecule has 72 valence electrons. The number of ether oxygens (including phenoxy) is 2. The molecule has 1 saturated heterocycles. The number of aliphatic hydroxyl groups is 1. The molecule has 1 rings (SSSR count). The molecule has 1 heterocycles. The van der Waals surface area contributed by atoms with Crippen molar-refractivity contribution in [3.8, 4) is 0 Å². The SMILES string of the molecule is C=CCOC(=O)C(=CO)CC1CO1. The van der Waals surface area contributed by atoms with Crippen molar-refractivity contribution in [2.24, 2.45) is 0 Å². The summed E-state index contributed by atoms with van der Waals surface area (Å²) in [5.41, 5.74) is 0.240. The van der Waals surface area contributed by atoms with Gasteiger partial charge in [-0.05, 0) is 0 Å². The van der Waals surface area contributed by atoms with Gasteiger partial charge in [-0.3, -0.25) is 0 Å². The van der Waals surface area contributed by atoms with Gasteiger partial charge in [0.2, 0.25) is 0 Å². The molecule has 1 unspecified atom stereocenters. The number of epoxide rings is 1. The average molecular weight is 184 g/mol. The lowest BCUT2D eigenvalue weighted by molar-refractivity contribution is -0.138. The van der Waals surface area contributed by atoms with Crippen LogP contribution in [0, 0.1) is 0 Å². The summed E-state index contributed by atoms with van der Waals surface area (Å²) in [6, 6.07) is 0.